The summed E-state index contributed by atoms with van der Waals surface area (Å²) in [7, 11) is 0. The molecule has 0 aliphatic carbocycles. The molecule has 1 atom stereocenters. The lowest BCUT2D eigenvalue weighted by Crippen LogP contribution is -2.50. The molecule has 0 aliphatic heterocycles. The van der Waals surface area contributed by atoms with Crippen molar-refractivity contribution in [3.8, 4) is 0 Å². The molecule has 0 fully saturated rings. The van der Waals surface area contributed by atoms with Gasteiger partial charge in [0.2, 0.25) is 11.8 Å². The minimum atomic E-state index is -0.568. The van der Waals surface area contributed by atoms with Crippen LogP contribution in [0, 0.1) is 6.92 Å². The number of hydrogen-bond acceptors (Lipinski definition) is 2. The highest BCUT2D eigenvalue weighted by Crippen LogP contribution is 2.18. The van der Waals surface area contributed by atoms with Crippen molar-refractivity contribution in [1.29, 1.82) is 0 Å². The molecule has 0 heterocycles. The molecule has 0 aromatic heterocycles. The number of amides is 2. The van der Waals surface area contributed by atoms with Gasteiger partial charge in [-0.3, -0.25) is 9.59 Å². The number of aryl methyl sites for hydroxylation is 2. The number of carbonyl (C=O) groups is 2. The third kappa shape index (κ3) is 7.31. The van der Waals surface area contributed by atoms with Crippen LogP contribution >= 0.6 is 0 Å². The smallest absolute Gasteiger partial charge is 0.243 e. The Morgan fingerprint density at radius 1 is 0.848 bits per heavy atom. The highest BCUT2D eigenvalue weighted by Gasteiger charge is 2.30. The molecule has 0 bridgehead atoms. The molecule has 4 nitrogen and oxygen atoms in total. The lowest BCUT2D eigenvalue weighted by atomic mass is 10.0. The second-order valence-corrected chi connectivity index (χ2v) is 8.43. The lowest BCUT2D eigenvalue weighted by Gasteiger charge is -2.32. The van der Waals surface area contributed by atoms with Crippen molar-refractivity contribution in [2.24, 2.45) is 0 Å². The van der Waals surface area contributed by atoms with Crippen LogP contribution in [-0.2, 0) is 29.0 Å². The minimum absolute atomic E-state index is 0.00492. The normalized spacial score (nSPS) is 11.6. The molecule has 0 radical (unpaired) electrons. The van der Waals surface area contributed by atoms with Gasteiger partial charge in [0, 0.05) is 25.9 Å². The first-order valence-corrected chi connectivity index (χ1v) is 11.8. The fourth-order valence-electron chi connectivity index (χ4n) is 3.93. The van der Waals surface area contributed by atoms with Crippen molar-refractivity contribution in [2.45, 2.75) is 52.1 Å². The first kappa shape index (κ1) is 24.2. The van der Waals surface area contributed by atoms with Crippen molar-refractivity contribution in [3.63, 3.8) is 0 Å². The van der Waals surface area contributed by atoms with E-state index in [4.69, 9.17) is 0 Å². The second-order valence-electron chi connectivity index (χ2n) is 8.43. The molecular formula is C29H34N2O2. The first-order valence-electron chi connectivity index (χ1n) is 11.8. The summed E-state index contributed by atoms with van der Waals surface area (Å²) < 4.78 is 0. The Morgan fingerprint density at radius 2 is 1.45 bits per heavy atom. The number of hydrogen-bond donors (Lipinski definition) is 1. The first-order chi connectivity index (χ1) is 16.1. The number of nitrogens with one attached hydrogen (secondary N) is 1. The standard InChI is InChI=1S/C29H34N2O2/c1-3-20-30-29(33)27(21-25-15-8-5-9-16-25)31(22-26-17-11-10-12-23(26)2)28(32)19-18-24-13-6-4-7-14-24/h4-17,27H,3,18-22H2,1-2H3,(H,30,33)/t27-/m1/s1. The minimum Gasteiger partial charge on any atom is -0.354 e. The van der Waals surface area contributed by atoms with Crippen molar-refractivity contribution >= 4 is 11.8 Å². The molecular weight excluding hydrogens is 408 g/mol. The molecule has 1 N–H and O–H groups in total. The van der Waals surface area contributed by atoms with Crippen LogP contribution in [0.3, 0.4) is 0 Å². The molecule has 0 saturated carbocycles. The van der Waals surface area contributed by atoms with Gasteiger partial charge in [0.05, 0.1) is 0 Å². The van der Waals surface area contributed by atoms with Crippen LogP contribution in [-0.4, -0.2) is 29.3 Å². The van der Waals surface area contributed by atoms with E-state index in [1.807, 2.05) is 98.8 Å². The Bertz CT molecular complexity index is 1020. The quantitative estimate of drug-likeness (QED) is 0.449. The predicted octanol–water partition coefficient (Wildman–Crippen LogP) is 5.09. The average Bonchev–Trinajstić information content (AvgIpc) is 2.85. The summed E-state index contributed by atoms with van der Waals surface area (Å²) in [6.45, 7) is 5.09. The van der Waals surface area contributed by atoms with Gasteiger partial charge in [-0.05, 0) is 42.0 Å². The fraction of sp³-hybridized carbons (Fsp3) is 0.310. The van der Waals surface area contributed by atoms with E-state index in [1.54, 1.807) is 4.90 Å². The predicted molar refractivity (Wildman–Crippen MR) is 134 cm³/mol. The molecule has 3 aromatic rings. The Labute approximate surface area is 197 Å². The van der Waals surface area contributed by atoms with E-state index in [2.05, 4.69) is 5.32 Å². The summed E-state index contributed by atoms with van der Waals surface area (Å²) in [5.41, 5.74) is 4.34. The Kier molecular flexibility index (Phi) is 9.25. The third-order valence-corrected chi connectivity index (χ3v) is 5.89. The lowest BCUT2D eigenvalue weighted by molar-refractivity contribution is -0.141. The number of benzene rings is 3. The average molecular weight is 443 g/mol. The Balaban J connectivity index is 1.89. The summed E-state index contributed by atoms with van der Waals surface area (Å²) in [6, 6.07) is 27.5. The van der Waals surface area contributed by atoms with Gasteiger partial charge >= 0.3 is 0 Å². The van der Waals surface area contributed by atoms with Crippen LogP contribution in [0.15, 0.2) is 84.9 Å². The summed E-state index contributed by atoms with van der Waals surface area (Å²) in [6.07, 6.45) is 2.35. The summed E-state index contributed by atoms with van der Waals surface area (Å²) >= 11 is 0. The largest absolute Gasteiger partial charge is 0.354 e. The topological polar surface area (TPSA) is 49.4 Å². The Morgan fingerprint density at radius 3 is 2.09 bits per heavy atom. The van der Waals surface area contributed by atoms with E-state index in [9.17, 15) is 9.59 Å². The summed E-state index contributed by atoms with van der Waals surface area (Å²) in [5.74, 6) is -0.1000. The van der Waals surface area contributed by atoms with Gasteiger partial charge < -0.3 is 10.2 Å². The second kappa shape index (κ2) is 12.6. The summed E-state index contributed by atoms with van der Waals surface area (Å²) in [4.78, 5) is 28.7. The molecule has 0 unspecified atom stereocenters. The van der Waals surface area contributed by atoms with Crippen molar-refractivity contribution in [3.05, 3.63) is 107 Å². The molecule has 3 rings (SSSR count). The van der Waals surface area contributed by atoms with Crippen LogP contribution in [0.4, 0.5) is 0 Å². The van der Waals surface area contributed by atoms with Gasteiger partial charge in [-0.1, -0.05) is 91.9 Å². The molecule has 0 spiro atoms. The van der Waals surface area contributed by atoms with Gasteiger partial charge in [-0.2, -0.15) is 0 Å². The highest BCUT2D eigenvalue weighted by molar-refractivity contribution is 5.88. The van der Waals surface area contributed by atoms with E-state index in [0.29, 0.717) is 32.4 Å². The van der Waals surface area contributed by atoms with Gasteiger partial charge in [-0.25, -0.2) is 0 Å². The molecule has 3 aromatic carbocycles. The van der Waals surface area contributed by atoms with Gasteiger partial charge in [-0.15, -0.1) is 0 Å². The maximum atomic E-state index is 13.6. The molecule has 33 heavy (non-hydrogen) atoms. The van der Waals surface area contributed by atoms with Crippen LogP contribution in [0.25, 0.3) is 0 Å². The number of rotatable bonds is 11. The van der Waals surface area contributed by atoms with Gasteiger partial charge in [0.15, 0.2) is 0 Å². The highest BCUT2D eigenvalue weighted by atomic mass is 16.2. The zero-order valence-corrected chi connectivity index (χ0v) is 19.7. The van der Waals surface area contributed by atoms with E-state index in [-0.39, 0.29) is 11.8 Å². The molecule has 0 saturated heterocycles. The zero-order valence-electron chi connectivity index (χ0n) is 19.7. The van der Waals surface area contributed by atoms with Crippen LogP contribution < -0.4 is 5.32 Å². The van der Waals surface area contributed by atoms with Crippen LogP contribution in [0.1, 0.15) is 42.0 Å². The zero-order chi connectivity index (χ0) is 23.5. The van der Waals surface area contributed by atoms with Crippen molar-refractivity contribution < 1.29 is 9.59 Å². The van der Waals surface area contributed by atoms with E-state index in [0.717, 1.165) is 28.7 Å². The fourth-order valence-corrected chi connectivity index (χ4v) is 3.93. The maximum Gasteiger partial charge on any atom is 0.243 e. The number of nitrogens with zero attached hydrogens (tertiary/aromatic N) is 1. The van der Waals surface area contributed by atoms with E-state index in [1.165, 1.54) is 0 Å². The molecule has 172 valence electrons. The molecule has 2 amide bonds. The third-order valence-electron chi connectivity index (χ3n) is 5.89. The van der Waals surface area contributed by atoms with Gasteiger partial charge in [0.25, 0.3) is 0 Å². The molecule has 4 heteroatoms. The maximum absolute atomic E-state index is 13.6. The SMILES string of the molecule is CCCNC(=O)[C@@H](Cc1ccccc1)N(Cc1ccccc1C)C(=O)CCc1ccccc1. The van der Waals surface area contributed by atoms with Crippen LogP contribution in [0.2, 0.25) is 0 Å². The monoisotopic (exact) mass is 442 g/mol. The summed E-state index contributed by atoms with van der Waals surface area (Å²) in [5, 5.41) is 3.03. The number of carbonyl (C=O) groups excluding carboxylic acids is 2. The Hall–Kier alpha value is -3.40. The van der Waals surface area contributed by atoms with E-state index < -0.39 is 6.04 Å². The van der Waals surface area contributed by atoms with Crippen molar-refractivity contribution in [2.75, 3.05) is 6.54 Å². The molecule has 0 aliphatic rings. The van der Waals surface area contributed by atoms with Crippen molar-refractivity contribution in [1.82, 2.24) is 10.2 Å². The van der Waals surface area contributed by atoms with Gasteiger partial charge in [0.1, 0.15) is 6.04 Å². The van der Waals surface area contributed by atoms with E-state index >= 15 is 0 Å². The van der Waals surface area contributed by atoms with Crippen LogP contribution in [0.5, 0.6) is 0 Å².